The lowest BCUT2D eigenvalue weighted by atomic mass is 10.0. The van der Waals surface area contributed by atoms with Crippen molar-refractivity contribution in [3.05, 3.63) is 69.3 Å². The summed E-state index contributed by atoms with van der Waals surface area (Å²) < 4.78 is 1.55. The summed E-state index contributed by atoms with van der Waals surface area (Å²) in [6.07, 6.45) is 6.26. The lowest BCUT2D eigenvalue weighted by Crippen LogP contribution is -2.31. The van der Waals surface area contributed by atoms with Crippen molar-refractivity contribution in [2.24, 2.45) is 0 Å². The molecular formula is C22H24N4O2S. The Labute approximate surface area is 173 Å². The maximum atomic E-state index is 12.6. The average Bonchev–Trinajstić information content (AvgIpc) is 3.40. The molecule has 0 aliphatic heterocycles. The van der Waals surface area contributed by atoms with Crippen LogP contribution in [0.5, 0.6) is 0 Å². The van der Waals surface area contributed by atoms with Crippen molar-refractivity contribution in [2.45, 2.75) is 45.1 Å². The number of amides is 1. The minimum absolute atomic E-state index is 0.0588. The van der Waals surface area contributed by atoms with Crippen LogP contribution in [0.15, 0.2) is 47.5 Å². The summed E-state index contributed by atoms with van der Waals surface area (Å²) in [5.41, 5.74) is 2.56. The largest absolute Gasteiger partial charge is 0.349 e. The van der Waals surface area contributed by atoms with Crippen molar-refractivity contribution in [3.8, 4) is 10.6 Å². The van der Waals surface area contributed by atoms with Gasteiger partial charge in [-0.3, -0.25) is 14.2 Å². The number of benzene rings is 1. The van der Waals surface area contributed by atoms with E-state index in [2.05, 4.69) is 15.3 Å². The third-order valence-electron chi connectivity index (χ3n) is 5.34. The first-order chi connectivity index (χ1) is 14.1. The van der Waals surface area contributed by atoms with E-state index in [-0.39, 0.29) is 11.5 Å². The number of carbonyl (C=O) groups is 1. The van der Waals surface area contributed by atoms with Crippen LogP contribution in [0.1, 0.15) is 52.7 Å². The second-order valence-corrected chi connectivity index (χ2v) is 8.38. The number of nitrogens with one attached hydrogen (secondary N) is 1. The van der Waals surface area contributed by atoms with E-state index in [1.54, 1.807) is 17.0 Å². The van der Waals surface area contributed by atoms with Crippen molar-refractivity contribution >= 4 is 17.2 Å². The fourth-order valence-corrected chi connectivity index (χ4v) is 4.72. The first kappa shape index (κ1) is 19.5. The Morgan fingerprint density at radius 2 is 2.00 bits per heavy atom. The van der Waals surface area contributed by atoms with Gasteiger partial charge in [-0.25, -0.2) is 9.97 Å². The van der Waals surface area contributed by atoms with Crippen LogP contribution in [0, 0.1) is 6.92 Å². The average molecular weight is 409 g/mol. The van der Waals surface area contributed by atoms with E-state index in [0.717, 1.165) is 29.1 Å². The van der Waals surface area contributed by atoms with Gasteiger partial charge in [-0.15, -0.1) is 11.3 Å². The van der Waals surface area contributed by atoms with Gasteiger partial charge >= 0.3 is 0 Å². The molecule has 1 saturated carbocycles. The molecule has 0 unspecified atom stereocenters. The third kappa shape index (κ3) is 4.45. The van der Waals surface area contributed by atoms with Gasteiger partial charge in [-0.1, -0.05) is 43.2 Å². The molecule has 7 heteroatoms. The summed E-state index contributed by atoms with van der Waals surface area (Å²) in [6, 6.07) is 11.5. The minimum atomic E-state index is -0.161. The maximum absolute atomic E-state index is 12.6. The molecule has 1 N–H and O–H groups in total. The van der Waals surface area contributed by atoms with Crippen LogP contribution in [0.2, 0.25) is 0 Å². The predicted octanol–water partition coefficient (Wildman–Crippen LogP) is 3.76. The zero-order valence-electron chi connectivity index (χ0n) is 16.4. The highest BCUT2D eigenvalue weighted by Crippen LogP contribution is 2.32. The number of hydrogen-bond acceptors (Lipinski definition) is 5. The van der Waals surface area contributed by atoms with E-state index in [9.17, 15) is 9.59 Å². The highest BCUT2D eigenvalue weighted by Gasteiger charge is 2.19. The molecule has 0 radical (unpaired) electrons. The maximum Gasteiger partial charge on any atom is 0.263 e. The zero-order valence-corrected chi connectivity index (χ0v) is 17.2. The van der Waals surface area contributed by atoms with Gasteiger partial charge in [-0.05, 0) is 19.8 Å². The van der Waals surface area contributed by atoms with Crippen LogP contribution in [0.4, 0.5) is 0 Å². The molecule has 1 amide bonds. The molecule has 1 fully saturated rings. The molecule has 0 saturated heterocycles. The van der Waals surface area contributed by atoms with Crippen molar-refractivity contribution in [1.82, 2.24) is 19.9 Å². The van der Waals surface area contributed by atoms with E-state index in [1.165, 1.54) is 24.2 Å². The fraction of sp³-hybridized carbons (Fsp3) is 0.364. The van der Waals surface area contributed by atoms with E-state index in [4.69, 9.17) is 0 Å². The van der Waals surface area contributed by atoms with Crippen molar-refractivity contribution in [1.29, 1.82) is 0 Å². The molecule has 0 atom stereocenters. The second kappa shape index (κ2) is 8.69. The molecule has 2 heterocycles. The Bertz CT molecular complexity index is 1050. The molecular weight excluding hydrogens is 384 g/mol. The van der Waals surface area contributed by atoms with Gasteiger partial charge < -0.3 is 5.32 Å². The SMILES string of the molecule is Cc1nc(-c2ccccc2)sc1C(=O)NCCn1cnc(C2CCCC2)cc1=O. The Hall–Kier alpha value is -2.80. The van der Waals surface area contributed by atoms with Crippen molar-refractivity contribution in [2.75, 3.05) is 6.54 Å². The predicted molar refractivity (Wildman–Crippen MR) is 114 cm³/mol. The van der Waals surface area contributed by atoms with Crippen LogP contribution >= 0.6 is 11.3 Å². The highest BCUT2D eigenvalue weighted by molar-refractivity contribution is 7.17. The number of thiazole rings is 1. The molecule has 1 aliphatic rings. The third-order valence-corrected chi connectivity index (χ3v) is 6.54. The molecule has 1 aliphatic carbocycles. The van der Waals surface area contributed by atoms with Crippen LogP contribution in [0.25, 0.3) is 10.6 Å². The summed E-state index contributed by atoms with van der Waals surface area (Å²) in [7, 11) is 0. The smallest absolute Gasteiger partial charge is 0.263 e. The van der Waals surface area contributed by atoms with E-state index in [0.29, 0.717) is 29.6 Å². The fourth-order valence-electron chi connectivity index (χ4n) is 3.73. The number of rotatable bonds is 6. The lowest BCUT2D eigenvalue weighted by molar-refractivity contribution is 0.0955. The van der Waals surface area contributed by atoms with Crippen LogP contribution in [-0.4, -0.2) is 27.0 Å². The number of nitrogens with zero attached hydrogens (tertiary/aromatic N) is 3. The summed E-state index contributed by atoms with van der Waals surface area (Å²) in [5.74, 6) is 0.260. The summed E-state index contributed by atoms with van der Waals surface area (Å²) >= 11 is 1.38. The Kier molecular flexibility index (Phi) is 5.85. The molecule has 3 aromatic rings. The lowest BCUT2D eigenvalue weighted by Gasteiger charge is -2.10. The van der Waals surface area contributed by atoms with Crippen LogP contribution in [-0.2, 0) is 6.54 Å². The highest BCUT2D eigenvalue weighted by atomic mass is 32.1. The molecule has 0 bridgehead atoms. The number of carbonyl (C=O) groups excluding carboxylic acids is 1. The first-order valence-electron chi connectivity index (χ1n) is 9.99. The van der Waals surface area contributed by atoms with Gasteiger partial charge in [0.25, 0.3) is 11.5 Å². The molecule has 2 aromatic heterocycles. The van der Waals surface area contributed by atoms with Gasteiger partial charge in [0.15, 0.2) is 0 Å². The van der Waals surface area contributed by atoms with Gasteiger partial charge in [0, 0.05) is 30.6 Å². The topological polar surface area (TPSA) is 76.9 Å². The van der Waals surface area contributed by atoms with Gasteiger partial charge in [0.05, 0.1) is 17.7 Å². The van der Waals surface area contributed by atoms with Crippen molar-refractivity contribution in [3.63, 3.8) is 0 Å². The molecule has 29 heavy (non-hydrogen) atoms. The van der Waals surface area contributed by atoms with Crippen LogP contribution in [0.3, 0.4) is 0 Å². The van der Waals surface area contributed by atoms with Gasteiger partial charge in [-0.2, -0.15) is 0 Å². The van der Waals surface area contributed by atoms with Gasteiger partial charge in [0.2, 0.25) is 0 Å². The molecule has 1 aromatic carbocycles. The standard InChI is InChI=1S/C22H24N4O2S/c1-15-20(29-22(25-15)17-9-3-2-4-10-17)21(28)23-11-12-26-14-24-18(13-19(26)27)16-7-5-6-8-16/h2-4,9-10,13-14,16H,5-8,11-12H2,1H3,(H,23,28). The van der Waals surface area contributed by atoms with E-state index >= 15 is 0 Å². The zero-order chi connectivity index (χ0) is 20.2. The summed E-state index contributed by atoms with van der Waals surface area (Å²) in [5, 5.41) is 3.72. The minimum Gasteiger partial charge on any atom is -0.349 e. The van der Waals surface area contributed by atoms with Crippen LogP contribution < -0.4 is 10.9 Å². The first-order valence-corrected chi connectivity index (χ1v) is 10.8. The molecule has 6 nitrogen and oxygen atoms in total. The number of hydrogen-bond donors (Lipinski definition) is 1. The Morgan fingerprint density at radius 3 is 2.72 bits per heavy atom. The quantitative estimate of drug-likeness (QED) is 0.674. The van der Waals surface area contributed by atoms with E-state index in [1.807, 2.05) is 37.3 Å². The Balaban J connectivity index is 1.37. The monoisotopic (exact) mass is 408 g/mol. The number of aryl methyl sites for hydroxylation is 1. The van der Waals surface area contributed by atoms with Gasteiger partial charge in [0.1, 0.15) is 9.88 Å². The number of aromatic nitrogens is 3. The molecule has 150 valence electrons. The molecule has 4 rings (SSSR count). The second-order valence-electron chi connectivity index (χ2n) is 7.38. The van der Waals surface area contributed by atoms with E-state index < -0.39 is 0 Å². The summed E-state index contributed by atoms with van der Waals surface area (Å²) in [6.45, 7) is 2.60. The normalized spacial score (nSPS) is 14.2. The Morgan fingerprint density at radius 1 is 1.24 bits per heavy atom. The summed E-state index contributed by atoms with van der Waals surface area (Å²) in [4.78, 5) is 34.5. The van der Waals surface area contributed by atoms with Crippen molar-refractivity contribution < 1.29 is 4.79 Å². The molecule has 0 spiro atoms.